The van der Waals surface area contributed by atoms with E-state index in [4.69, 9.17) is 15.9 Å². The molecule has 10 heteroatoms. The standard InChI is InChI=1S/C35H34N4O6/c1-21(2)18-30(34(42)43)39-32(40)24-14-17-27(29(19-24)35(44)45-20-22-8-4-3-5-9-22)26-10-6-7-11-28(26)33(41)38-25-15-12-23(13-16-25)31(36)37/h3-17,19,21,30H,18,20H2,1-2H3,(H3,36,37)(H,38,41)(H,39,40)(H,42,43)/t30-/m0/s1. The van der Waals surface area contributed by atoms with Crippen LogP contribution in [0.3, 0.4) is 0 Å². The summed E-state index contributed by atoms with van der Waals surface area (Å²) in [4.78, 5) is 51.9. The van der Waals surface area contributed by atoms with Crippen LogP contribution in [0, 0.1) is 11.3 Å². The summed E-state index contributed by atoms with van der Waals surface area (Å²) in [5, 5.41) is 22.5. The number of anilines is 1. The summed E-state index contributed by atoms with van der Waals surface area (Å²) in [6.45, 7) is 3.68. The fourth-order valence-corrected chi connectivity index (χ4v) is 4.67. The normalized spacial score (nSPS) is 11.4. The number of carbonyl (C=O) groups is 4. The number of ether oxygens (including phenoxy) is 1. The lowest BCUT2D eigenvalue weighted by Gasteiger charge is -2.18. The Balaban J connectivity index is 1.70. The minimum Gasteiger partial charge on any atom is -0.480 e. The Labute approximate surface area is 260 Å². The number of aliphatic carboxylic acids is 1. The van der Waals surface area contributed by atoms with Crippen molar-refractivity contribution in [2.45, 2.75) is 32.9 Å². The van der Waals surface area contributed by atoms with Gasteiger partial charge in [-0.2, -0.15) is 0 Å². The summed E-state index contributed by atoms with van der Waals surface area (Å²) in [7, 11) is 0. The van der Waals surface area contributed by atoms with Crippen LogP contribution in [0.4, 0.5) is 5.69 Å². The highest BCUT2D eigenvalue weighted by Crippen LogP contribution is 2.30. The quantitative estimate of drug-likeness (QED) is 0.0807. The van der Waals surface area contributed by atoms with E-state index in [2.05, 4.69) is 10.6 Å². The van der Waals surface area contributed by atoms with Crippen LogP contribution in [-0.2, 0) is 16.1 Å². The maximum Gasteiger partial charge on any atom is 0.339 e. The van der Waals surface area contributed by atoms with Gasteiger partial charge in [0.15, 0.2) is 0 Å². The van der Waals surface area contributed by atoms with Gasteiger partial charge in [-0.05, 0) is 71.5 Å². The number of amidine groups is 1. The fraction of sp³-hybridized carbons (Fsp3) is 0.171. The van der Waals surface area contributed by atoms with Crippen molar-refractivity contribution in [1.82, 2.24) is 5.32 Å². The molecule has 45 heavy (non-hydrogen) atoms. The van der Waals surface area contributed by atoms with Crippen LogP contribution >= 0.6 is 0 Å². The first-order valence-electron chi connectivity index (χ1n) is 14.3. The molecule has 0 bridgehead atoms. The molecule has 0 saturated heterocycles. The van der Waals surface area contributed by atoms with Crippen LogP contribution < -0.4 is 16.4 Å². The first-order chi connectivity index (χ1) is 21.5. The van der Waals surface area contributed by atoms with E-state index in [1.807, 2.05) is 32.0 Å². The molecule has 2 amide bonds. The lowest BCUT2D eigenvalue weighted by molar-refractivity contribution is -0.139. The molecule has 0 aliphatic carbocycles. The molecule has 0 fully saturated rings. The summed E-state index contributed by atoms with van der Waals surface area (Å²) in [5.41, 5.74) is 8.38. The van der Waals surface area contributed by atoms with E-state index in [1.165, 1.54) is 12.1 Å². The number of carbonyl (C=O) groups excluding carboxylic acids is 3. The highest BCUT2D eigenvalue weighted by atomic mass is 16.5. The smallest absolute Gasteiger partial charge is 0.339 e. The summed E-state index contributed by atoms with van der Waals surface area (Å²) < 4.78 is 5.62. The monoisotopic (exact) mass is 606 g/mol. The first kappa shape index (κ1) is 32.2. The molecule has 0 radical (unpaired) electrons. The second kappa shape index (κ2) is 14.6. The van der Waals surface area contributed by atoms with E-state index in [9.17, 15) is 24.3 Å². The van der Waals surface area contributed by atoms with Crippen LogP contribution in [0.5, 0.6) is 0 Å². The Morgan fingerprint density at radius 2 is 1.42 bits per heavy atom. The molecule has 4 aromatic carbocycles. The fourth-order valence-electron chi connectivity index (χ4n) is 4.67. The van der Waals surface area contributed by atoms with E-state index in [0.29, 0.717) is 22.4 Å². The van der Waals surface area contributed by atoms with Gasteiger partial charge in [-0.1, -0.05) is 68.4 Å². The summed E-state index contributed by atoms with van der Waals surface area (Å²) >= 11 is 0. The molecular weight excluding hydrogens is 572 g/mol. The molecule has 0 aromatic heterocycles. The van der Waals surface area contributed by atoms with Crippen LogP contribution in [0.1, 0.15) is 62.5 Å². The topological polar surface area (TPSA) is 172 Å². The van der Waals surface area contributed by atoms with Crippen molar-refractivity contribution in [2.24, 2.45) is 11.7 Å². The van der Waals surface area contributed by atoms with Crippen molar-refractivity contribution in [3.63, 3.8) is 0 Å². The van der Waals surface area contributed by atoms with Gasteiger partial charge in [0.25, 0.3) is 11.8 Å². The maximum absolute atomic E-state index is 13.5. The molecule has 4 rings (SSSR count). The van der Waals surface area contributed by atoms with Crippen LogP contribution in [0.15, 0.2) is 97.1 Å². The minimum atomic E-state index is -1.16. The lowest BCUT2D eigenvalue weighted by Crippen LogP contribution is -2.41. The molecule has 0 saturated carbocycles. The number of nitrogens with one attached hydrogen (secondary N) is 3. The van der Waals surface area contributed by atoms with Gasteiger partial charge < -0.3 is 26.2 Å². The highest BCUT2D eigenvalue weighted by molar-refractivity contribution is 6.11. The minimum absolute atomic E-state index is 0.0204. The molecular formula is C35H34N4O6. The Bertz CT molecular complexity index is 1720. The molecule has 6 N–H and O–H groups in total. The molecule has 10 nitrogen and oxygen atoms in total. The molecule has 4 aromatic rings. The van der Waals surface area contributed by atoms with Crippen LogP contribution in [0.25, 0.3) is 11.1 Å². The number of esters is 1. The molecule has 230 valence electrons. The number of nitrogen functional groups attached to an aromatic ring is 1. The highest BCUT2D eigenvalue weighted by Gasteiger charge is 2.25. The van der Waals surface area contributed by atoms with Crippen molar-refractivity contribution >= 4 is 35.3 Å². The third-order valence-corrected chi connectivity index (χ3v) is 6.94. The average molecular weight is 607 g/mol. The first-order valence-corrected chi connectivity index (χ1v) is 14.3. The van der Waals surface area contributed by atoms with Crippen molar-refractivity contribution in [3.05, 3.63) is 125 Å². The molecule has 0 aliphatic rings. The second-order valence-electron chi connectivity index (χ2n) is 10.8. The Hall–Kier alpha value is -5.77. The van der Waals surface area contributed by atoms with Crippen LogP contribution in [0.2, 0.25) is 0 Å². The predicted molar refractivity (Wildman–Crippen MR) is 171 cm³/mol. The SMILES string of the molecule is CC(C)C[C@H](NC(=O)c1ccc(-c2ccccc2C(=O)Nc2ccc(C(=N)N)cc2)c(C(=O)OCc2ccccc2)c1)C(=O)O. The second-order valence-corrected chi connectivity index (χ2v) is 10.8. The van der Waals surface area contributed by atoms with Crippen LogP contribution in [-0.4, -0.2) is 40.7 Å². The summed E-state index contributed by atoms with van der Waals surface area (Å²) in [5.74, 6) is -3.08. The number of benzene rings is 4. The molecule has 0 aliphatic heterocycles. The third kappa shape index (κ3) is 8.41. The van der Waals surface area contributed by atoms with Crippen molar-refractivity contribution < 1.29 is 29.0 Å². The zero-order chi connectivity index (χ0) is 32.5. The van der Waals surface area contributed by atoms with Gasteiger partial charge >= 0.3 is 11.9 Å². The summed E-state index contributed by atoms with van der Waals surface area (Å²) in [6, 6.07) is 25.5. The van der Waals surface area contributed by atoms with E-state index in [0.717, 1.165) is 5.56 Å². The number of amides is 2. The van der Waals surface area contributed by atoms with Gasteiger partial charge in [0.2, 0.25) is 0 Å². The van der Waals surface area contributed by atoms with Gasteiger partial charge in [0.1, 0.15) is 18.5 Å². The lowest BCUT2D eigenvalue weighted by atomic mass is 9.93. The zero-order valence-electron chi connectivity index (χ0n) is 24.9. The Morgan fingerprint density at radius 1 is 0.800 bits per heavy atom. The van der Waals surface area contributed by atoms with Gasteiger partial charge in [-0.15, -0.1) is 0 Å². The van der Waals surface area contributed by atoms with Gasteiger partial charge in [-0.25, -0.2) is 9.59 Å². The largest absolute Gasteiger partial charge is 0.480 e. The molecule has 0 unspecified atom stereocenters. The van der Waals surface area contributed by atoms with Gasteiger partial charge in [0, 0.05) is 22.4 Å². The Kier molecular flexibility index (Phi) is 10.4. The maximum atomic E-state index is 13.5. The Morgan fingerprint density at radius 3 is 2.07 bits per heavy atom. The number of hydrogen-bond acceptors (Lipinski definition) is 6. The van der Waals surface area contributed by atoms with E-state index in [1.54, 1.807) is 66.7 Å². The van der Waals surface area contributed by atoms with Gasteiger partial charge in [0.05, 0.1) is 5.56 Å². The van der Waals surface area contributed by atoms with Crippen molar-refractivity contribution in [1.29, 1.82) is 5.41 Å². The number of carboxylic acids is 1. The third-order valence-electron chi connectivity index (χ3n) is 6.94. The van der Waals surface area contributed by atoms with E-state index >= 15 is 0 Å². The predicted octanol–water partition coefficient (Wildman–Crippen LogP) is 5.48. The van der Waals surface area contributed by atoms with E-state index < -0.39 is 29.8 Å². The number of carboxylic acid groups (broad SMARTS) is 1. The number of nitrogens with two attached hydrogens (primary N) is 1. The van der Waals surface area contributed by atoms with Gasteiger partial charge in [-0.3, -0.25) is 15.0 Å². The zero-order valence-corrected chi connectivity index (χ0v) is 24.9. The average Bonchev–Trinajstić information content (AvgIpc) is 3.03. The number of rotatable bonds is 12. The van der Waals surface area contributed by atoms with Crippen molar-refractivity contribution in [3.8, 4) is 11.1 Å². The molecule has 0 heterocycles. The number of hydrogen-bond donors (Lipinski definition) is 5. The summed E-state index contributed by atoms with van der Waals surface area (Å²) in [6.07, 6.45) is 0.227. The molecule has 0 spiro atoms. The molecule has 1 atom stereocenters. The van der Waals surface area contributed by atoms with Crippen molar-refractivity contribution in [2.75, 3.05) is 5.32 Å². The van der Waals surface area contributed by atoms with E-state index in [-0.39, 0.29) is 41.5 Å².